The number of nitrogens with zero attached hydrogens (tertiary/aromatic N) is 2. The summed E-state index contributed by atoms with van der Waals surface area (Å²) in [5.41, 5.74) is 0.490. The molecule has 0 amide bonds. The molecule has 8 heteroatoms. The zero-order valence-corrected chi connectivity index (χ0v) is 13.4. The number of sulfonamides is 1. The number of nitrogens with one attached hydrogen (secondary N) is 2. The predicted octanol–water partition coefficient (Wildman–Crippen LogP) is 2.02. The molecule has 1 saturated carbocycles. The molecule has 2 heterocycles. The van der Waals surface area contributed by atoms with Crippen molar-refractivity contribution in [1.29, 1.82) is 0 Å². The number of hydrogen-bond acceptors (Lipinski definition) is 5. The minimum Gasteiger partial charge on any atom is -0.309 e. The van der Waals surface area contributed by atoms with Gasteiger partial charge in [0.15, 0.2) is 0 Å². The molecule has 0 unspecified atom stereocenters. The number of thiophene rings is 1. The first-order valence-electron chi connectivity index (χ1n) is 6.93. The first kappa shape index (κ1) is 14.6. The van der Waals surface area contributed by atoms with E-state index >= 15 is 0 Å². The van der Waals surface area contributed by atoms with Crippen LogP contribution in [-0.4, -0.2) is 24.2 Å². The van der Waals surface area contributed by atoms with E-state index in [1.165, 1.54) is 30.4 Å². The molecule has 0 aliphatic heterocycles. The topological polar surface area (TPSA) is 76.0 Å². The molecule has 21 heavy (non-hydrogen) atoms. The largest absolute Gasteiger partial charge is 0.309 e. The summed E-state index contributed by atoms with van der Waals surface area (Å²) in [5.74, 6) is 0. The molecule has 2 aromatic heterocycles. The lowest BCUT2D eigenvalue weighted by Crippen LogP contribution is -2.18. The summed E-state index contributed by atoms with van der Waals surface area (Å²) in [6.07, 6.45) is 5.57. The van der Waals surface area contributed by atoms with E-state index in [-0.39, 0.29) is 0 Å². The number of aromatic nitrogens is 2. The Morgan fingerprint density at radius 1 is 1.48 bits per heavy atom. The molecule has 1 aliphatic carbocycles. The molecule has 6 nitrogen and oxygen atoms in total. The van der Waals surface area contributed by atoms with Gasteiger partial charge in [-0.1, -0.05) is 0 Å². The van der Waals surface area contributed by atoms with E-state index in [1.807, 2.05) is 12.3 Å². The van der Waals surface area contributed by atoms with E-state index < -0.39 is 10.0 Å². The molecule has 0 spiro atoms. The summed E-state index contributed by atoms with van der Waals surface area (Å²) < 4.78 is 29.2. The number of aryl methyl sites for hydroxylation is 1. The Morgan fingerprint density at radius 2 is 2.29 bits per heavy atom. The molecule has 0 saturated heterocycles. The average Bonchev–Trinajstić information content (AvgIpc) is 2.98. The van der Waals surface area contributed by atoms with Crippen molar-refractivity contribution < 1.29 is 8.42 Å². The molecule has 114 valence electrons. The Balaban J connectivity index is 1.75. The quantitative estimate of drug-likeness (QED) is 0.816. The molecular weight excluding hydrogens is 308 g/mol. The fraction of sp³-hybridized carbons (Fsp3) is 0.462. The van der Waals surface area contributed by atoms with E-state index in [0.717, 1.165) is 4.88 Å². The lowest BCUT2D eigenvalue weighted by atomic mass is 10.4. The summed E-state index contributed by atoms with van der Waals surface area (Å²) in [5, 5.41) is 9.23. The van der Waals surface area contributed by atoms with Crippen molar-refractivity contribution in [1.82, 2.24) is 15.1 Å². The number of anilines is 1. The second-order valence-electron chi connectivity index (χ2n) is 5.05. The number of rotatable bonds is 7. The van der Waals surface area contributed by atoms with Crippen molar-refractivity contribution in [2.24, 2.45) is 0 Å². The van der Waals surface area contributed by atoms with E-state index in [4.69, 9.17) is 0 Å². The van der Waals surface area contributed by atoms with Crippen molar-refractivity contribution in [3.63, 3.8) is 0 Å². The standard InChI is InChI=1S/C13H18N4O2S2/c1-2-17-9-11(7-15-17)16-21(18,19)13-5-6-20-12(13)8-14-10-3-4-10/h5-7,9-10,14,16H,2-4,8H2,1H3. The minimum atomic E-state index is -3.56. The fourth-order valence-corrected chi connectivity index (χ4v) is 4.44. The summed E-state index contributed by atoms with van der Waals surface area (Å²) >= 11 is 1.46. The third-order valence-corrected chi connectivity index (χ3v) is 5.85. The van der Waals surface area contributed by atoms with Crippen LogP contribution in [0.1, 0.15) is 24.6 Å². The zero-order chi connectivity index (χ0) is 14.9. The molecule has 2 aromatic rings. The van der Waals surface area contributed by atoms with Gasteiger partial charge in [0.05, 0.1) is 11.9 Å². The third-order valence-electron chi connectivity index (χ3n) is 3.33. The lowest BCUT2D eigenvalue weighted by molar-refractivity contribution is 0.599. The summed E-state index contributed by atoms with van der Waals surface area (Å²) in [4.78, 5) is 1.20. The van der Waals surface area contributed by atoms with Gasteiger partial charge in [-0.2, -0.15) is 5.10 Å². The Bertz CT molecular complexity index is 716. The van der Waals surface area contributed by atoms with Crippen molar-refractivity contribution in [2.75, 3.05) is 4.72 Å². The summed E-state index contributed by atoms with van der Waals surface area (Å²) in [6.45, 7) is 3.26. The Kier molecular flexibility index (Phi) is 4.01. The first-order chi connectivity index (χ1) is 10.1. The SMILES string of the molecule is CCn1cc(NS(=O)(=O)c2ccsc2CNC2CC2)cn1. The van der Waals surface area contributed by atoms with Crippen LogP contribution in [-0.2, 0) is 23.1 Å². The van der Waals surface area contributed by atoms with Gasteiger partial charge in [0.25, 0.3) is 10.0 Å². The maximum Gasteiger partial charge on any atom is 0.263 e. The molecule has 3 rings (SSSR count). The zero-order valence-electron chi connectivity index (χ0n) is 11.7. The molecule has 0 atom stereocenters. The maximum absolute atomic E-state index is 12.5. The second-order valence-corrected chi connectivity index (χ2v) is 7.70. The van der Waals surface area contributed by atoms with E-state index in [0.29, 0.717) is 29.7 Å². The van der Waals surface area contributed by atoms with Crippen LogP contribution in [0.2, 0.25) is 0 Å². The number of hydrogen-bond donors (Lipinski definition) is 2. The third kappa shape index (κ3) is 3.45. The van der Waals surface area contributed by atoms with Gasteiger partial charge in [0.2, 0.25) is 0 Å². The van der Waals surface area contributed by atoms with Crippen LogP contribution in [0.15, 0.2) is 28.7 Å². The van der Waals surface area contributed by atoms with Crippen LogP contribution in [0, 0.1) is 0 Å². The van der Waals surface area contributed by atoms with Crippen molar-refractivity contribution in [3.05, 3.63) is 28.7 Å². The van der Waals surface area contributed by atoms with Gasteiger partial charge >= 0.3 is 0 Å². The molecule has 0 radical (unpaired) electrons. The van der Waals surface area contributed by atoms with Gasteiger partial charge in [-0.05, 0) is 31.2 Å². The highest BCUT2D eigenvalue weighted by Gasteiger charge is 2.24. The first-order valence-corrected chi connectivity index (χ1v) is 9.30. The lowest BCUT2D eigenvalue weighted by Gasteiger charge is -2.07. The summed E-state index contributed by atoms with van der Waals surface area (Å²) in [7, 11) is -3.56. The van der Waals surface area contributed by atoms with Crippen LogP contribution in [0.5, 0.6) is 0 Å². The molecule has 1 aliphatic rings. The van der Waals surface area contributed by atoms with Gasteiger partial charge in [-0.15, -0.1) is 11.3 Å². The highest BCUT2D eigenvalue weighted by molar-refractivity contribution is 7.93. The van der Waals surface area contributed by atoms with Gasteiger partial charge in [0.1, 0.15) is 4.90 Å². The fourth-order valence-electron chi connectivity index (χ4n) is 2.02. The van der Waals surface area contributed by atoms with Crippen molar-refractivity contribution in [2.45, 2.75) is 43.8 Å². The predicted molar refractivity (Wildman–Crippen MR) is 82.9 cm³/mol. The molecular formula is C13H18N4O2S2. The highest BCUT2D eigenvalue weighted by Crippen LogP contribution is 2.26. The highest BCUT2D eigenvalue weighted by atomic mass is 32.2. The van der Waals surface area contributed by atoms with Crippen LogP contribution in [0.25, 0.3) is 0 Å². The smallest absolute Gasteiger partial charge is 0.263 e. The van der Waals surface area contributed by atoms with Crippen LogP contribution < -0.4 is 10.0 Å². The van der Waals surface area contributed by atoms with E-state index in [1.54, 1.807) is 16.9 Å². The maximum atomic E-state index is 12.5. The van der Waals surface area contributed by atoms with Crippen molar-refractivity contribution in [3.8, 4) is 0 Å². The molecule has 2 N–H and O–H groups in total. The monoisotopic (exact) mass is 326 g/mol. The van der Waals surface area contributed by atoms with E-state index in [9.17, 15) is 8.42 Å². The van der Waals surface area contributed by atoms with Gasteiger partial charge in [-0.3, -0.25) is 9.40 Å². The summed E-state index contributed by atoms with van der Waals surface area (Å²) in [6, 6.07) is 2.21. The van der Waals surface area contributed by atoms with Crippen LogP contribution in [0.3, 0.4) is 0 Å². The van der Waals surface area contributed by atoms with Crippen LogP contribution >= 0.6 is 11.3 Å². The van der Waals surface area contributed by atoms with Gasteiger partial charge < -0.3 is 5.32 Å². The Labute approximate surface area is 128 Å². The van der Waals surface area contributed by atoms with E-state index in [2.05, 4.69) is 15.1 Å². The van der Waals surface area contributed by atoms with Gasteiger partial charge in [-0.25, -0.2) is 8.42 Å². The molecule has 0 bridgehead atoms. The minimum absolute atomic E-state index is 0.352. The van der Waals surface area contributed by atoms with Crippen molar-refractivity contribution >= 4 is 27.0 Å². The van der Waals surface area contributed by atoms with Crippen LogP contribution in [0.4, 0.5) is 5.69 Å². The second kappa shape index (κ2) is 5.78. The Morgan fingerprint density at radius 3 is 2.95 bits per heavy atom. The Hall–Kier alpha value is -1.38. The van der Waals surface area contributed by atoms with Gasteiger partial charge in [0, 0.05) is 30.2 Å². The normalized spacial score (nSPS) is 15.3. The average molecular weight is 326 g/mol. The molecule has 1 fully saturated rings. The molecule has 0 aromatic carbocycles.